The van der Waals surface area contributed by atoms with E-state index in [2.05, 4.69) is 36.6 Å². The van der Waals surface area contributed by atoms with E-state index in [1.54, 1.807) is 35.9 Å². The summed E-state index contributed by atoms with van der Waals surface area (Å²) in [5, 5.41) is 22.2. The molecular formula is C51H57ClN4O9. The highest BCUT2D eigenvalue weighted by Crippen LogP contribution is 2.43. The number of carbonyl (C=O) groups is 2. The summed E-state index contributed by atoms with van der Waals surface area (Å²) in [4.78, 5) is 31.5. The van der Waals surface area contributed by atoms with Crippen molar-refractivity contribution in [3.63, 3.8) is 0 Å². The second-order valence-electron chi connectivity index (χ2n) is 15.5. The molecule has 5 aromatic carbocycles. The Labute approximate surface area is 383 Å². The maximum atomic E-state index is 13.6. The van der Waals surface area contributed by atoms with Crippen LogP contribution >= 0.6 is 11.6 Å². The molecule has 14 heteroatoms. The molecule has 3 N–H and O–H groups in total. The average Bonchev–Trinajstić information content (AvgIpc) is 3.59. The number of ether oxygens (including phenoxy) is 6. The molecular weight excluding hydrogens is 848 g/mol. The first kappa shape index (κ1) is 47.3. The van der Waals surface area contributed by atoms with Crippen molar-refractivity contribution in [2.45, 2.75) is 52.7 Å². The summed E-state index contributed by atoms with van der Waals surface area (Å²) in [5.41, 5.74) is 5.58. The number of aromatic nitrogens is 1. The maximum Gasteiger partial charge on any atom is 0.262 e. The van der Waals surface area contributed by atoms with Crippen molar-refractivity contribution < 1.29 is 43.1 Å². The molecule has 1 aliphatic heterocycles. The minimum Gasteiger partial charge on any atom is -0.497 e. The highest BCUT2D eigenvalue weighted by molar-refractivity contribution is 6.30. The molecule has 2 heterocycles. The Morgan fingerprint density at radius 3 is 2.15 bits per heavy atom. The van der Waals surface area contributed by atoms with E-state index < -0.39 is 6.23 Å². The molecule has 1 aliphatic rings. The molecule has 0 radical (unpaired) electrons. The van der Waals surface area contributed by atoms with Crippen molar-refractivity contribution in [2.24, 2.45) is 4.99 Å². The van der Waals surface area contributed by atoms with Gasteiger partial charge in [0.05, 0.1) is 77.6 Å². The van der Waals surface area contributed by atoms with Crippen LogP contribution in [0.1, 0.15) is 54.7 Å². The zero-order chi connectivity index (χ0) is 45.7. The molecule has 13 nitrogen and oxygen atoms in total. The highest BCUT2D eigenvalue weighted by Gasteiger charge is 2.23. The van der Waals surface area contributed by atoms with E-state index in [4.69, 9.17) is 45.0 Å². The summed E-state index contributed by atoms with van der Waals surface area (Å²) in [6.07, 6.45) is 1.52. The quantitative estimate of drug-likeness (QED) is 0.0426. The zero-order valence-electron chi connectivity index (χ0n) is 37.4. The number of anilines is 1. The van der Waals surface area contributed by atoms with Crippen molar-refractivity contribution in [3.05, 3.63) is 123 Å². The predicted molar refractivity (Wildman–Crippen MR) is 254 cm³/mol. The standard InChI is InChI=1S/C51H57ClN4O9/c1-5-34(6-2)36-13-17-43-46(29-36)65-47-32-44(39-9-7-8-10-40(39)50(47)55-43)54-48(57)19-21-61-23-25-63-27-28-64-26-24-62-22-20-53-49(58)31-41-33(3)56(45-18-16-38(60-4)30-42(41)45)51(59)35-11-14-37(52)15-12-35/h7-18,29-30,32,49,53,58H,5-6,19-28,31H2,1-4H3,(H,54,57). The van der Waals surface area contributed by atoms with Gasteiger partial charge >= 0.3 is 0 Å². The Morgan fingerprint density at radius 2 is 1.46 bits per heavy atom. The van der Waals surface area contributed by atoms with E-state index in [9.17, 15) is 14.7 Å². The van der Waals surface area contributed by atoms with Crippen LogP contribution in [0.15, 0.2) is 96.0 Å². The molecule has 0 bridgehead atoms. The van der Waals surface area contributed by atoms with Crippen LogP contribution in [0.25, 0.3) is 27.2 Å². The number of fused-ring (bicyclic) bond motifs is 5. The summed E-state index contributed by atoms with van der Waals surface area (Å²) in [5.74, 6) is 1.61. The molecule has 0 fully saturated rings. The Kier molecular flexibility index (Phi) is 16.7. The van der Waals surface area contributed by atoms with Gasteiger partial charge in [0.1, 0.15) is 23.0 Å². The number of hydrogen-bond donors (Lipinski definition) is 3. The van der Waals surface area contributed by atoms with Crippen LogP contribution in [0.2, 0.25) is 5.02 Å². The normalized spacial score (nSPS) is 12.3. The van der Waals surface area contributed by atoms with Gasteiger partial charge in [0, 0.05) is 51.5 Å². The molecule has 1 unspecified atom stereocenters. The second kappa shape index (κ2) is 23.0. The first-order valence-electron chi connectivity index (χ1n) is 22.1. The fourth-order valence-electron chi connectivity index (χ4n) is 7.97. The first-order valence-corrected chi connectivity index (χ1v) is 22.5. The molecule has 6 aromatic rings. The number of hydrogen-bond acceptors (Lipinski definition) is 11. The number of carbonyl (C=O) groups excluding carboxylic acids is 2. The lowest BCUT2D eigenvalue weighted by Gasteiger charge is -2.19. The molecule has 342 valence electrons. The smallest absolute Gasteiger partial charge is 0.262 e. The van der Waals surface area contributed by atoms with Crippen molar-refractivity contribution >= 4 is 62.0 Å². The van der Waals surface area contributed by atoms with Gasteiger partial charge in [0.15, 0.2) is 11.5 Å². The SMILES string of the molecule is CCC(CC)=c1ccc2c(c1)Oc1cc(NC(=O)CCOCCOCCOCCOCCNC(O)Cc3c(C)n(C(=O)c4ccc(Cl)cc4)c4ccc(OC)cc34)c3ccccc3c1N=2. The number of benzene rings is 5. The third kappa shape index (κ3) is 11.8. The molecule has 1 aromatic heterocycles. The molecule has 7 rings (SSSR count). The lowest BCUT2D eigenvalue weighted by molar-refractivity contribution is -0.117. The predicted octanol–water partition coefficient (Wildman–Crippen LogP) is 8.03. The molecule has 65 heavy (non-hydrogen) atoms. The minimum absolute atomic E-state index is 0.166. The Hall–Kier alpha value is -5.64. The second-order valence-corrected chi connectivity index (χ2v) is 16.0. The van der Waals surface area contributed by atoms with Crippen LogP contribution in [-0.4, -0.2) is 94.2 Å². The number of nitrogens with zero attached hydrogens (tertiary/aromatic N) is 2. The van der Waals surface area contributed by atoms with Crippen molar-refractivity contribution in [2.75, 3.05) is 71.8 Å². The Morgan fingerprint density at radius 1 is 0.785 bits per heavy atom. The molecule has 1 amide bonds. The zero-order valence-corrected chi connectivity index (χ0v) is 38.2. The van der Waals surface area contributed by atoms with E-state index in [0.717, 1.165) is 62.0 Å². The van der Waals surface area contributed by atoms with Crippen molar-refractivity contribution in [1.29, 1.82) is 0 Å². The van der Waals surface area contributed by atoms with Gasteiger partial charge in [0.25, 0.3) is 5.91 Å². The molecule has 1 atom stereocenters. The number of methoxy groups -OCH3 is 1. The van der Waals surface area contributed by atoms with Crippen LogP contribution in [0.4, 0.5) is 11.4 Å². The fraction of sp³-hybridized carbons (Fsp3) is 0.353. The van der Waals surface area contributed by atoms with Gasteiger partial charge in [0.2, 0.25) is 5.91 Å². The van der Waals surface area contributed by atoms with E-state index >= 15 is 0 Å². The Bertz CT molecular complexity index is 2730. The summed E-state index contributed by atoms with van der Waals surface area (Å²) in [6.45, 7) is 9.53. The number of nitrogens with one attached hydrogen (secondary N) is 2. The van der Waals surface area contributed by atoms with Crippen LogP contribution < -0.4 is 30.7 Å². The van der Waals surface area contributed by atoms with E-state index in [1.165, 1.54) is 5.57 Å². The number of halogens is 1. The maximum absolute atomic E-state index is 13.6. The van der Waals surface area contributed by atoms with Gasteiger partial charge in [-0.1, -0.05) is 61.4 Å². The van der Waals surface area contributed by atoms with Crippen molar-refractivity contribution in [1.82, 2.24) is 9.88 Å². The fourth-order valence-corrected chi connectivity index (χ4v) is 8.10. The summed E-state index contributed by atoms with van der Waals surface area (Å²) in [6, 6.07) is 28.2. The monoisotopic (exact) mass is 904 g/mol. The molecule has 0 spiro atoms. The summed E-state index contributed by atoms with van der Waals surface area (Å²) >= 11 is 6.05. The summed E-state index contributed by atoms with van der Waals surface area (Å²) in [7, 11) is 1.59. The average molecular weight is 905 g/mol. The van der Waals surface area contributed by atoms with Crippen LogP contribution in [0.5, 0.6) is 17.2 Å². The third-order valence-electron chi connectivity index (χ3n) is 11.4. The van der Waals surface area contributed by atoms with Gasteiger partial charge in [-0.2, -0.15) is 0 Å². The largest absolute Gasteiger partial charge is 0.497 e. The molecule has 0 saturated heterocycles. The lowest BCUT2D eigenvalue weighted by Crippen LogP contribution is -2.34. The number of aliphatic hydroxyl groups excluding tert-OH is 1. The third-order valence-corrected chi connectivity index (χ3v) is 11.6. The van der Waals surface area contributed by atoms with Crippen LogP contribution in [0, 0.1) is 6.92 Å². The highest BCUT2D eigenvalue weighted by atomic mass is 35.5. The van der Waals surface area contributed by atoms with Crippen LogP contribution in [0.3, 0.4) is 0 Å². The molecule has 0 aliphatic carbocycles. The minimum atomic E-state index is -0.872. The van der Waals surface area contributed by atoms with Gasteiger partial charge in [-0.3, -0.25) is 19.5 Å². The van der Waals surface area contributed by atoms with Crippen LogP contribution in [-0.2, 0) is 30.2 Å². The number of aliphatic hydroxyl groups is 1. The van der Waals surface area contributed by atoms with Gasteiger partial charge in [-0.05, 0) is 85.1 Å². The Balaban J connectivity index is 0.756. The van der Waals surface area contributed by atoms with Gasteiger partial charge in [-0.15, -0.1) is 0 Å². The lowest BCUT2D eigenvalue weighted by atomic mass is 10.0. The van der Waals surface area contributed by atoms with Crippen molar-refractivity contribution in [3.8, 4) is 17.2 Å². The topological polar surface area (TPSA) is 151 Å². The van der Waals surface area contributed by atoms with Gasteiger partial charge < -0.3 is 38.8 Å². The number of rotatable bonds is 23. The number of amides is 1. The van der Waals surface area contributed by atoms with E-state index in [0.29, 0.717) is 86.3 Å². The summed E-state index contributed by atoms with van der Waals surface area (Å²) < 4.78 is 36.1. The van der Waals surface area contributed by atoms with E-state index in [1.807, 2.05) is 61.5 Å². The van der Waals surface area contributed by atoms with Gasteiger partial charge in [-0.25, -0.2) is 4.99 Å². The first-order chi connectivity index (χ1) is 31.7. The molecule has 0 saturated carbocycles. The van der Waals surface area contributed by atoms with E-state index in [-0.39, 0.29) is 31.3 Å².